The van der Waals surface area contributed by atoms with Gasteiger partial charge < -0.3 is 34.1 Å². The summed E-state index contributed by atoms with van der Waals surface area (Å²) >= 11 is 0. The molecule has 1 amide bonds. The lowest BCUT2D eigenvalue weighted by molar-refractivity contribution is -0.174. The van der Waals surface area contributed by atoms with Crippen LogP contribution in [0.2, 0.25) is 0 Å². The molecule has 0 saturated carbocycles. The van der Waals surface area contributed by atoms with Crippen LogP contribution in [0.1, 0.15) is 26.3 Å². The summed E-state index contributed by atoms with van der Waals surface area (Å²) < 4.78 is 27.9. The Balaban J connectivity index is 1.87. The first-order chi connectivity index (χ1) is 14.7. The molecule has 0 unspecified atom stereocenters. The molecule has 2 aliphatic rings. The summed E-state index contributed by atoms with van der Waals surface area (Å²) in [6.45, 7) is 5.19. The van der Waals surface area contributed by atoms with Gasteiger partial charge in [-0.2, -0.15) is 0 Å². The molecule has 1 aromatic carbocycles. The number of hydrogen-bond donors (Lipinski definition) is 2. The maximum Gasteiger partial charge on any atom is 0.373 e. The molecule has 1 aromatic rings. The van der Waals surface area contributed by atoms with Crippen molar-refractivity contribution in [1.29, 1.82) is 0 Å². The average Bonchev–Trinajstić information content (AvgIpc) is 3.11. The Morgan fingerprint density at radius 1 is 1.29 bits per heavy atom. The Labute approximate surface area is 181 Å². The molecule has 2 aliphatic heterocycles. The van der Waals surface area contributed by atoms with Gasteiger partial charge in [0.25, 0.3) is 0 Å². The van der Waals surface area contributed by atoms with Gasteiger partial charge in [0.1, 0.15) is 18.3 Å². The largest absolute Gasteiger partial charge is 0.478 e. The number of amides is 1. The molecule has 0 radical (unpaired) electrons. The first-order valence-corrected chi connectivity index (χ1v) is 10.1. The minimum Gasteiger partial charge on any atom is -0.478 e. The van der Waals surface area contributed by atoms with Crippen molar-refractivity contribution in [3.8, 4) is 0 Å². The van der Waals surface area contributed by atoms with Gasteiger partial charge >= 0.3 is 5.97 Å². The van der Waals surface area contributed by atoms with Crippen LogP contribution in [0, 0.1) is 0 Å². The van der Waals surface area contributed by atoms with Crippen LogP contribution < -0.4 is 5.32 Å². The zero-order chi connectivity index (χ0) is 22.6. The third kappa shape index (κ3) is 5.82. The summed E-state index contributed by atoms with van der Waals surface area (Å²) in [4.78, 5) is 24.1. The van der Waals surface area contributed by atoms with E-state index in [4.69, 9.17) is 23.7 Å². The number of aliphatic hydroxyl groups is 1. The van der Waals surface area contributed by atoms with Crippen molar-refractivity contribution >= 4 is 11.9 Å². The monoisotopic (exact) mass is 435 g/mol. The standard InChI is InChI=1S/C22H29NO8/c1-13(24)23-18-15(28-11-14-8-6-5-7-9-14)10-16(21(26)27-4)30-20(18)19(25)17-12-29-22(2,3)31-17/h5-10,15,17-20,25H,11-12H2,1-4H3,(H,23,24)/t15-,17+,18+,19+,20+/m0/s1. The molecule has 5 atom stereocenters. The number of esters is 1. The maximum absolute atomic E-state index is 12.2. The van der Waals surface area contributed by atoms with Gasteiger partial charge in [0.15, 0.2) is 11.9 Å². The Bertz CT molecular complexity index is 809. The molecule has 0 aromatic heterocycles. The summed E-state index contributed by atoms with van der Waals surface area (Å²) in [6, 6.07) is 8.68. The van der Waals surface area contributed by atoms with Crippen molar-refractivity contribution in [2.45, 2.75) is 63.6 Å². The first kappa shape index (κ1) is 23.2. The van der Waals surface area contributed by atoms with Crippen molar-refractivity contribution in [2.24, 2.45) is 0 Å². The minimum atomic E-state index is -1.21. The van der Waals surface area contributed by atoms with Crippen molar-refractivity contribution in [1.82, 2.24) is 5.32 Å². The predicted molar refractivity (Wildman–Crippen MR) is 109 cm³/mol. The van der Waals surface area contributed by atoms with E-state index in [1.165, 1.54) is 20.1 Å². The van der Waals surface area contributed by atoms with E-state index >= 15 is 0 Å². The highest BCUT2D eigenvalue weighted by molar-refractivity contribution is 5.86. The number of hydrogen-bond acceptors (Lipinski definition) is 8. The third-order valence-electron chi connectivity index (χ3n) is 5.08. The smallest absolute Gasteiger partial charge is 0.373 e. The number of carbonyl (C=O) groups is 2. The van der Waals surface area contributed by atoms with Crippen molar-refractivity contribution in [2.75, 3.05) is 13.7 Å². The summed E-state index contributed by atoms with van der Waals surface area (Å²) in [5, 5.41) is 13.8. The molecule has 2 N–H and O–H groups in total. The second kappa shape index (κ2) is 9.78. The van der Waals surface area contributed by atoms with E-state index in [1.54, 1.807) is 13.8 Å². The summed E-state index contributed by atoms with van der Waals surface area (Å²) in [5.41, 5.74) is 0.912. The second-order valence-corrected chi connectivity index (χ2v) is 7.95. The van der Waals surface area contributed by atoms with Gasteiger partial charge in [-0.3, -0.25) is 4.79 Å². The Kier molecular flexibility index (Phi) is 7.32. The van der Waals surface area contributed by atoms with E-state index < -0.39 is 42.2 Å². The van der Waals surface area contributed by atoms with Gasteiger partial charge in [-0.25, -0.2) is 4.79 Å². The molecule has 170 valence electrons. The summed E-state index contributed by atoms with van der Waals surface area (Å²) in [5.74, 6) is -2.02. The van der Waals surface area contributed by atoms with E-state index in [9.17, 15) is 14.7 Å². The first-order valence-electron chi connectivity index (χ1n) is 10.1. The number of benzene rings is 1. The number of ether oxygens (including phenoxy) is 5. The molecule has 1 saturated heterocycles. The van der Waals surface area contributed by atoms with E-state index in [0.717, 1.165) is 5.56 Å². The van der Waals surface area contributed by atoms with Gasteiger partial charge in [0.05, 0.1) is 26.4 Å². The molecule has 2 heterocycles. The third-order valence-corrected chi connectivity index (χ3v) is 5.08. The molecule has 9 nitrogen and oxygen atoms in total. The lowest BCUT2D eigenvalue weighted by Crippen LogP contribution is -2.60. The topological polar surface area (TPSA) is 113 Å². The van der Waals surface area contributed by atoms with Gasteiger partial charge in [0, 0.05) is 6.92 Å². The van der Waals surface area contributed by atoms with Crippen LogP contribution in [0.25, 0.3) is 0 Å². The fourth-order valence-corrected chi connectivity index (χ4v) is 3.61. The second-order valence-electron chi connectivity index (χ2n) is 7.95. The lowest BCUT2D eigenvalue weighted by Gasteiger charge is -2.40. The highest BCUT2D eigenvalue weighted by Crippen LogP contribution is 2.31. The van der Waals surface area contributed by atoms with Crippen LogP contribution in [-0.4, -0.2) is 66.9 Å². The highest BCUT2D eigenvalue weighted by Gasteiger charge is 2.48. The quantitative estimate of drug-likeness (QED) is 0.611. The molecule has 1 fully saturated rings. The predicted octanol–water partition coefficient (Wildman–Crippen LogP) is 1.04. The molecule has 0 aliphatic carbocycles. The molecule has 0 spiro atoms. The van der Waals surface area contributed by atoms with E-state index in [1.807, 2.05) is 30.3 Å². The Hall–Kier alpha value is -2.46. The van der Waals surface area contributed by atoms with Crippen molar-refractivity contribution < 1.29 is 38.4 Å². The molecular formula is C22H29NO8. The number of carbonyl (C=O) groups excluding carboxylic acids is 2. The van der Waals surface area contributed by atoms with Crippen LogP contribution in [0.5, 0.6) is 0 Å². The molecule has 0 bridgehead atoms. The van der Waals surface area contributed by atoms with Crippen LogP contribution >= 0.6 is 0 Å². The zero-order valence-corrected chi connectivity index (χ0v) is 18.1. The van der Waals surface area contributed by atoms with Gasteiger partial charge in [-0.05, 0) is 25.5 Å². The van der Waals surface area contributed by atoms with Crippen molar-refractivity contribution in [3.05, 3.63) is 47.7 Å². The number of aliphatic hydroxyl groups excluding tert-OH is 1. The van der Waals surface area contributed by atoms with E-state index in [2.05, 4.69) is 5.32 Å². The maximum atomic E-state index is 12.2. The van der Waals surface area contributed by atoms with Crippen LogP contribution in [0.3, 0.4) is 0 Å². The summed E-state index contributed by atoms with van der Waals surface area (Å²) in [6.07, 6.45) is -2.28. The van der Waals surface area contributed by atoms with Crippen LogP contribution in [0.15, 0.2) is 42.2 Å². The molecule has 31 heavy (non-hydrogen) atoms. The van der Waals surface area contributed by atoms with Gasteiger partial charge in [-0.15, -0.1) is 0 Å². The fraction of sp³-hybridized carbons (Fsp3) is 0.545. The van der Waals surface area contributed by atoms with Gasteiger partial charge in [0.2, 0.25) is 11.7 Å². The SMILES string of the molecule is COC(=O)C1=C[C@H](OCc2ccccc2)[C@@H](NC(C)=O)[C@H]([C@H](O)[C@H]2COC(C)(C)O2)O1. The molecular weight excluding hydrogens is 406 g/mol. The highest BCUT2D eigenvalue weighted by atomic mass is 16.7. The minimum absolute atomic E-state index is 0.107. The van der Waals surface area contributed by atoms with Gasteiger partial charge in [-0.1, -0.05) is 30.3 Å². The average molecular weight is 435 g/mol. The summed E-state index contributed by atoms with van der Waals surface area (Å²) in [7, 11) is 1.23. The van der Waals surface area contributed by atoms with Crippen LogP contribution in [-0.2, 0) is 39.9 Å². The van der Waals surface area contributed by atoms with Crippen molar-refractivity contribution in [3.63, 3.8) is 0 Å². The number of methoxy groups -OCH3 is 1. The fourth-order valence-electron chi connectivity index (χ4n) is 3.61. The Morgan fingerprint density at radius 3 is 2.58 bits per heavy atom. The number of rotatable bonds is 7. The number of nitrogens with one attached hydrogen (secondary N) is 1. The Morgan fingerprint density at radius 2 is 2.00 bits per heavy atom. The molecule has 3 rings (SSSR count). The van der Waals surface area contributed by atoms with Crippen LogP contribution in [0.4, 0.5) is 0 Å². The zero-order valence-electron chi connectivity index (χ0n) is 18.1. The lowest BCUT2D eigenvalue weighted by atomic mass is 9.93. The molecule has 9 heteroatoms. The normalized spacial score (nSPS) is 28.2. The van der Waals surface area contributed by atoms with E-state index in [-0.39, 0.29) is 24.9 Å². The van der Waals surface area contributed by atoms with E-state index in [0.29, 0.717) is 0 Å².